The van der Waals surface area contributed by atoms with E-state index in [0.717, 1.165) is 22.7 Å². The van der Waals surface area contributed by atoms with Crippen LogP contribution in [0.3, 0.4) is 0 Å². The first-order valence-electron chi connectivity index (χ1n) is 11.8. The van der Waals surface area contributed by atoms with Crippen molar-refractivity contribution in [3.05, 3.63) is 63.1 Å². The van der Waals surface area contributed by atoms with E-state index in [4.69, 9.17) is 25.8 Å². The number of aromatic nitrogens is 2. The van der Waals surface area contributed by atoms with Crippen molar-refractivity contribution in [3.8, 4) is 23.3 Å². The van der Waals surface area contributed by atoms with Gasteiger partial charge in [0.25, 0.3) is 5.91 Å². The number of aryl methyl sites for hydroxylation is 1. The molecule has 37 heavy (non-hydrogen) atoms. The minimum absolute atomic E-state index is 0.112. The van der Waals surface area contributed by atoms with Crippen molar-refractivity contribution in [3.63, 3.8) is 0 Å². The first-order valence-corrected chi connectivity index (χ1v) is 13.0. The van der Waals surface area contributed by atoms with Gasteiger partial charge in [-0.25, -0.2) is 0 Å². The standard InChI is InChI=1S/C27H29ClN4O4S/c1-5-34-23-15-19(13-20(16-29)26(33)30-27-32-31-24(37-27)12-17(2)3)14-22(28)25(23)36-11-10-35-21-8-6-18(4)7-9-21/h6-9,13-15,17H,5,10-12H2,1-4H3,(H,30,32,33). The van der Waals surface area contributed by atoms with Crippen LogP contribution in [0.15, 0.2) is 42.0 Å². The number of rotatable bonds is 12. The normalized spacial score (nSPS) is 11.2. The summed E-state index contributed by atoms with van der Waals surface area (Å²) >= 11 is 7.78. The lowest BCUT2D eigenvalue weighted by atomic mass is 10.1. The molecule has 0 radical (unpaired) electrons. The topological polar surface area (TPSA) is 106 Å². The zero-order valence-electron chi connectivity index (χ0n) is 21.2. The molecule has 0 atom stereocenters. The average Bonchev–Trinajstić information content (AvgIpc) is 3.28. The maximum absolute atomic E-state index is 12.7. The summed E-state index contributed by atoms with van der Waals surface area (Å²) in [5, 5.41) is 21.7. The molecule has 0 bridgehead atoms. The summed E-state index contributed by atoms with van der Waals surface area (Å²) in [5.41, 5.74) is 1.55. The van der Waals surface area contributed by atoms with E-state index in [9.17, 15) is 10.1 Å². The molecule has 0 unspecified atom stereocenters. The van der Waals surface area contributed by atoms with E-state index >= 15 is 0 Å². The second-order valence-corrected chi connectivity index (χ2v) is 9.97. The third-order valence-corrected chi connectivity index (χ3v) is 6.04. The van der Waals surface area contributed by atoms with Gasteiger partial charge in [-0.2, -0.15) is 5.26 Å². The lowest BCUT2D eigenvalue weighted by Gasteiger charge is -2.15. The SMILES string of the molecule is CCOc1cc(C=C(C#N)C(=O)Nc2nnc(CC(C)C)s2)cc(Cl)c1OCCOc1ccc(C)cc1. The minimum atomic E-state index is -0.586. The van der Waals surface area contributed by atoms with Crippen LogP contribution in [0.1, 0.15) is 36.9 Å². The van der Waals surface area contributed by atoms with Crippen molar-refractivity contribution < 1.29 is 19.0 Å². The molecule has 1 amide bonds. The highest BCUT2D eigenvalue weighted by atomic mass is 35.5. The van der Waals surface area contributed by atoms with Gasteiger partial charge in [-0.3, -0.25) is 10.1 Å². The summed E-state index contributed by atoms with van der Waals surface area (Å²) in [7, 11) is 0. The third kappa shape index (κ3) is 8.48. The molecule has 3 aromatic rings. The number of halogens is 1. The molecule has 0 spiro atoms. The van der Waals surface area contributed by atoms with Gasteiger partial charge in [0.2, 0.25) is 5.13 Å². The lowest BCUT2D eigenvalue weighted by Crippen LogP contribution is -2.13. The number of ether oxygens (including phenoxy) is 3. The van der Waals surface area contributed by atoms with E-state index in [1.54, 1.807) is 12.1 Å². The Morgan fingerprint density at radius 1 is 1.16 bits per heavy atom. The molecular formula is C27H29ClN4O4S. The number of hydrogen-bond donors (Lipinski definition) is 1. The van der Waals surface area contributed by atoms with Gasteiger partial charge in [0.15, 0.2) is 11.5 Å². The second kappa shape index (κ2) is 13.6. The number of nitrogens with zero attached hydrogens (tertiary/aromatic N) is 3. The van der Waals surface area contributed by atoms with E-state index in [1.807, 2.05) is 44.2 Å². The Balaban J connectivity index is 1.69. The van der Waals surface area contributed by atoms with Crippen LogP contribution < -0.4 is 19.5 Å². The van der Waals surface area contributed by atoms with Crippen LogP contribution in [0, 0.1) is 24.2 Å². The van der Waals surface area contributed by atoms with Crippen molar-refractivity contribution in [2.45, 2.75) is 34.1 Å². The number of nitriles is 1. The van der Waals surface area contributed by atoms with Gasteiger partial charge >= 0.3 is 0 Å². The summed E-state index contributed by atoms with van der Waals surface area (Å²) in [6, 6.07) is 12.9. The van der Waals surface area contributed by atoms with Crippen LogP contribution in [0.2, 0.25) is 5.02 Å². The zero-order chi connectivity index (χ0) is 26.8. The highest BCUT2D eigenvalue weighted by molar-refractivity contribution is 7.15. The molecule has 194 valence electrons. The van der Waals surface area contributed by atoms with Crippen molar-refractivity contribution in [1.29, 1.82) is 5.26 Å². The first kappa shape index (κ1) is 28.0. The Morgan fingerprint density at radius 3 is 2.57 bits per heavy atom. The van der Waals surface area contributed by atoms with E-state index < -0.39 is 5.91 Å². The summed E-state index contributed by atoms with van der Waals surface area (Å²) < 4.78 is 17.3. The third-order valence-electron chi connectivity index (χ3n) is 4.90. The number of carbonyl (C=O) groups excluding carboxylic acids is 1. The molecule has 1 heterocycles. The number of amides is 1. The van der Waals surface area contributed by atoms with E-state index in [2.05, 4.69) is 29.4 Å². The van der Waals surface area contributed by atoms with E-state index in [0.29, 0.717) is 41.3 Å². The fraction of sp³-hybridized carbons (Fsp3) is 0.333. The number of anilines is 1. The molecule has 2 aromatic carbocycles. The highest BCUT2D eigenvalue weighted by Crippen LogP contribution is 2.37. The summed E-state index contributed by atoms with van der Waals surface area (Å²) in [5.74, 6) is 1.35. The number of carbonyl (C=O) groups is 1. The molecule has 0 saturated carbocycles. The quantitative estimate of drug-likeness (QED) is 0.168. The fourth-order valence-electron chi connectivity index (χ4n) is 3.23. The molecular weight excluding hydrogens is 512 g/mol. The van der Waals surface area contributed by atoms with E-state index in [1.165, 1.54) is 17.4 Å². The second-order valence-electron chi connectivity index (χ2n) is 8.50. The predicted octanol–water partition coefficient (Wildman–Crippen LogP) is 6.10. The molecule has 1 N–H and O–H groups in total. The van der Waals surface area contributed by atoms with Gasteiger partial charge < -0.3 is 14.2 Å². The molecule has 0 aliphatic heterocycles. The Kier molecular flexibility index (Phi) is 10.3. The fourth-order valence-corrected chi connectivity index (χ4v) is 4.45. The smallest absolute Gasteiger partial charge is 0.268 e. The first-order chi connectivity index (χ1) is 17.8. The lowest BCUT2D eigenvalue weighted by molar-refractivity contribution is -0.112. The maximum atomic E-state index is 12.7. The monoisotopic (exact) mass is 540 g/mol. The number of nitrogens with one attached hydrogen (secondary N) is 1. The van der Waals surface area contributed by atoms with Crippen LogP contribution in [-0.4, -0.2) is 35.9 Å². The van der Waals surface area contributed by atoms with Crippen molar-refractivity contribution in [2.75, 3.05) is 25.1 Å². The van der Waals surface area contributed by atoms with Crippen LogP contribution >= 0.6 is 22.9 Å². The average molecular weight is 541 g/mol. The summed E-state index contributed by atoms with van der Waals surface area (Å²) in [6.45, 7) is 8.94. The van der Waals surface area contributed by atoms with Crippen LogP contribution in [0.5, 0.6) is 17.2 Å². The molecule has 0 aliphatic rings. The molecule has 0 aliphatic carbocycles. The molecule has 1 aromatic heterocycles. The predicted molar refractivity (Wildman–Crippen MR) is 145 cm³/mol. The Hall–Kier alpha value is -3.61. The van der Waals surface area contributed by atoms with Gasteiger partial charge in [-0.1, -0.05) is 54.5 Å². The van der Waals surface area contributed by atoms with Crippen molar-refractivity contribution in [2.24, 2.45) is 5.92 Å². The Morgan fingerprint density at radius 2 is 1.89 bits per heavy atom. The maximum Gasteiger partial charge on any atom is 0.268 e. The molecule has 0 fully saturated rings. The Bertz CT molecular complexity index is 1280. The van der Waals surface area contributed by atoms with E-state index in [-0.39, 0.29) is 17.2 Å². The zero-order valence-corrected chi connectivity index (χ0v) is 22.8. The Labute approximate surface area is 225 Å². The molecule has 10 heteroatoms. The van der Waals surface area contributed by atoms with Gasteiger partial charge in [-0.05, 0) is 55.7 Å². The van der Waals surface area contributed by atoms with Crippen LogP contribution in [0.25, 0.3) is 6.08 Å². The molecule has 3 rings (SSSR count). The minimum Gasteiger partial charge on any atom is -0.490 e. The van der Waals surface area contributed by atoms with Gasteiger partial charge in [0.1, 0.15) is 35.6 Å². The van der Waals surface area contributed by atoms with Crippen LogP contribution in [-0.2, 0) is 11.2 Å². The van der Waals surface area contributed by atoms with Crippen molar-refractivity contribution >= 4 is 40.1 Å². The van der Waals surface area contributed by atoms with Gasteiger partial charge in [-0.15, -0.1) is 10.2 Å². The molecule has 0 saturated heterocycles. The van der Waals surface area contributed by atoms with Crippen molar-refractivity contribution in [1.82, 2.24) is 10.2 Å². The molecule has 8 nitrogen and oxygen atoms in total. The highest BCUT2D eigenvalue weighted by Gasteiger charge is 2.16. The summed E-state index contributed by atoms with van der Waals surface area (Å²) in [6.07, 6.45) is 2.20. The van der Waals surface area contributed by atoms with Gasteiger partial charge in [0, 0.05) is 6.42 Å². The summed E-state index contributed by atoms with van der Waals surface area (Å²) in [4.78, 5) is 12.7. The van der Waals surface area contributed by atoms with Crippen LogP contribution in [0.4, 0.5) is 5.13 Å². The number of hydrogen-bond acceptors (Lipinski definition) is 8. The number of benzene rings is 2. The largest absolute Gasteiger partial charge is 0.490 e. The van der Waals surface area contributed by atoms with Gasteiger partial charge in [0.05, 0.1) is 11.6 Å².